The van der Waals surface area contributed by atoms with Gasteiger partial charge in [0.2, 0.25) is 0 Å². The molecule has 4 heteroatoms. The zero-order valence-electron chi connectivity index (χ0n) is 13.4. The van der Waals surface area contributed by atoms with Gasteiger partial charge in [-0.25, -0.2) is 0 Å². The highest BCUT2D eigenvalue weighted by atomic mass is 16.5. The van der Waals surface area contributed by atoms with Gasteiger partial charge in [0, 0.05) is 13.8 Å². The number of benzene rings is 3. The molecule has 0 radical (unpaired) electrons. The third-order valence-corrected chi connectivity index (χ3v) is 3.50. The Balaban J connectivity index is 1.96. The van der Waals surface area contributed by atoms with Crippen LogP contribution in [-0.2, 0) is 9.59 Å². The lowest BCUT2D eigenvalue weighted by molar-refractivity contribution is -0.132. The third-order valence-electron chi connectivity index (χ3n) is 3.50. The summed E-state index contributed by atoms with van der Waals surface area (Å²) in [5.41, 5.74) is 1.97. The summed E-state index contributed by atoms with van der Waals surface area (Å²) in [7, 11) is 0. The molecule has 3 aromatic carbocycles. The average Bonchev–Trinajstić information content (AvgIpc) is 2.53. The Kier molecular flexibility index (Phi) is 4.29. The van der Waals surface area contributed by atoms with Gasteiger partial charge in [-0.05, 0) is 52.2 Å². The van der Waals surface area contributed by atoms with E-state index >= 15 is 0 Å². The molecule has 0 bridgehead atoms. The SMILES string of the molecule is CC(=O)Oc1cccc(-c2ccc3cc(OC(C)=O)ccc3c2)c1. The van der Waals surface area contributed by atoms with E-state index < -0.39 is 0 Å². The van der Waals surface area contributed by atoms with E-state index in [1.807, 2.05) is 48.5 Å². The summed E-state index contributed by atoms with van der Waals surface area (Å²) in [6.45, 7) is 2.76. The molecule has 0 spiro atoms. The van der Waals surface area contributed by atoms with Crippen LogP contribution in [0.15, 0.2) is 60.7 Å². The average molecular weight is 320 g/mol. The largest absolute Gasteiger partial charge is 0.427 e. The minimum atomic E-state index is -0.344. The molecule has 0 atom stereocenters. The molecule has 0 unspecified atom stereocenters. The Hall–Kier alpha value is -3.14. The first-order valence-corrected chi connectivity index (χ1v) is 7.52. The summed E-state index contributed by atoms with van der Waals surface area (Å²) in [6, 6.07) is 18.9. The molecule has 0 saturated heterocycles. The maximum absolute atomic E-state index is 11.1. The molecule has 0 amide bonds. The zero-order valence-corrected chi connectivity index (χ0v) is 13.4. The van der Waals surface area contributed by atoms with Gasteiger partial charge >= 0.3 is 11.9 Å². The van der Waals surface area contributed by atoms with Crippen LogP contribution in [0.3, 0.4) is 0 Å². The highest BCUT2D eigenvalue weighted by Gasteiger charge is 2.05. The maximum atomic E-state index is 11.1. The highest BCUT2D eigenvalue weighted by molar-refractivity contribution is 5.89. The van der Waals surface area contributed by atoms with Crippen LogP contribution in [-0.4, -0.2) is 11.9 Å². The molecule has 0 aliphatic rings. The van der Waals surface area contributed by atoms with Crippen molar-refractivity contribution in [2.45, 2.75) is 13.8 Å². The monoisotopic (exact) mass is 320 g/mol. The first kappa shape index (κ1) is 15.7. The number of ether oxygens (including phenoxy) is 2. The number of fused-ring (bicyclic) bond motifs is 1. The first-order chi connectivity index (χ1) is 11.5. The summed E-state index contributed by atoms with van der Waals surface area (Å²) in [5.74, 6) is 0.363. The fourth-order valence-corrected chi connectivity index (χ4v) is 2.54. The second-order valence-corrected chi connectivity index (χ2v) is 5.44. The highest BCUT2D eigenvalue weighted by Crippen LogP contribution is 2.29. The number of rotatable bonds is 3. The summed E-state index contributed by atoms with van der Waals surface area (Å²) in [6.07, 6.45) is 0. The van der Waals surface area contributed by atoms with E-state index in [4.69, 9.17) is 9.47 Å². The minimum Gasteiger partial charge on any atom is -0.427 e. The van der Waals surface area contributed by atoms with Crippen LogP contribution in [0, 0.1) is 0 Å². The Bertz CT molecular complexity index is 928. The Morgan fingerprint density at radius 2 is 1.25 bits per heavy atom. The molecule has 3 rings (SSSR count). The summed E-state index contributed by atoms with van der Waals surface area (Å²) >= 11 is 0. The second-order valence-electron chi connectivity index (χ2n) is 5.44. The molecule has 120 valence electrons. The van der Waals surface area contributed by atoms with Gasteiger partial charge < -0.3 is 9.47 Å². The van der Waals surface area contributed by atoms with Crippen LogP contribution in [0.2, 0.25) is 0 Å². The molecule has 0 N–H and O–H groups in total. The van der Waals surface area contributed by atoms with E-state index in [9.17, 15) is 9.59 Å². The Labute approximate surface area is 139 Å². The van der Waals surface area contributed by atoms with Gasteiger partial charge in [0.15, 0.2) is 0 Å². The van der Waals surface area contributed by atoms with Crippen molar-refractivity contribution in [1.82, 2.24) is 0 Å². The van der Waals surface area contributed by atoms with Crippen molar-refractivity contribution in [3.8, 4) is 22.6 Å². The van der Waals surface area contributed by atoms with Gasteiger partial charge in [-0.2, -0.15) is 0 Å². The lowest BCUT2D eigenvalue weighted by Crippen LogP contribution is -2.01. The molecule has 0 heterocycles. The molecular formula is C20H16O4. The van der Waals surface area contributed by atoms with Crippen molar-refractivity contribution >= 4 is 22.7 Å². The van der Waals surface area contributed by atoms with Crippen molar-refractivity contribution in [3.05, 3.63) is 60.7 Å². The van der Waals surface area contributed by atoms with Crippen LogP contribution in [0.1, 0.15) is 13.8 Å². The van der Waals surface area contributed by atoms with Crippen LogP contribution >= 0.6 is 0 Å². The van der Waals surface area contributed by atoms with Crippen molar-refractivity contribution in [2.75, 3.05) is 0 Å². The molecule has 0 aliphatic heterocycles. The summed E-state index contributed by atoms with van der Waals surface area (Å²) < 4.78 is 10.2. The fraction of sp³-hybridized carbons (Fsp3) is 0.100. The lowest BCUT2D eigenvalue weighted by Gasteiger charge is -2.08. The number of hydrogen-bond donors (Lipinski definition) is 0. The molecule has 4 nitrogen and oxygen atoms in total. The molecule has 3 aromatic rings. The quantitative estimate of drug-likeness (QED) is 0.531. The molecule has 0 fully saturated rings. The van der Waals surface area contributed by atoms with E-state index in [1.54, 1.807) is 12.1 Å². The molecule has 0 aliphatic carbocycles. The second kappa shape index (κ2) is 6.54. The van der Waals surface area contributed by atoms with Crippen LogP contribution < -0.4 is 9.47 Å². The number of hydrogen-bond acceptors (Lipinski definition) is 4. The number of carbonyl (C=O) groups is 2. The van der Waals surface area contributed by atoms with E-state index in [1.165, 1.54) is 13.8 Å². The predicted octanol–water partition coefficient (Wildman–Crippen LogP) is 4.36. The standard InChI is InChI=1S/C20H16O4/c1-13(21)23-19-5-3-4-15(11-19)16-6-7-18-12-20(24-14(2)22)9-8-17(18)10-16/h3-12H,1-2H3. The molecule has 0 saturated carbocycles. The predicted molar refractivity (Wildman–Crippen MR) is 92.0 cm³/mol. The normalized spacial score (nSPS) is 10.4. The fourth-order valence-electron chi connectivity index (χ4n) is 2.54. The smallest absolute Gasteiger partial charge is 0.308 e. The van der Waals surface area contributed by atoms with Gasteiger partial charge in [-0.15, -0.1) is 0 Å². The van der Waals surface area contributed by atoms with Crippen LogP contribution in [0.4, 0.5) is 0 Å². The van der Waals surface area contributed by atoms with Crippen LogP contribution in [0.25, 0.3) is 21.9 Å². The van der Waals surface area contributed by atoms with E-state index in [0.29, 0.717) is 11.5 Å². The van der Waals surface area contributed by atoms with Gasteiger partial charge in [-0.1, -0.05) is 30.3 Å². The minimum absolute atomic E-state index is 0.340. The topological polar surface area (TPSA) is 52.6 Å². The number of esters is 2. The van der Waals surface area contributed by atoms with E-state index in [-0.39, 0.29) is 11.9 Å². The van der Waals surface area contributed by atoms with Crippen molar-refractivity contribution in [2.24, 2.45) is 0 Å². The molecular weight excluding hydrogens is 304 g/mol. The third kappa shape index (κ3) is 3.60. The Morgan fingerprint density at radius 1 is 0.667 bits per heavy atom. The summed E-state index contributed by atoms with van der Waals surface area (Å²) in [4.78, 5) is 22.1. The number of carbonyl (C=O) groups excluding carboxylic acids is 2. The summed E-state index contributed by atoms with van der Waals surface area (Å²) in [5, 5.41) is 2.01. The van der Waals surface area contributed by atoms with Crippen molar-refractivity contribution < 1.29 is 19.1 Å². The zero-order chi connectivity index (χ0) is 17.1. The molecule has 24 heavy (non-hydrogen) atoms. The van der Waals surface area contributed by atoms with Gasteiger partial charge in [0.1, 0.15) is 11.5 Å². The maximum Gasteiger partial charge on any atom is 0.308 e. The lowest BCUT2D eigenvalue weighted by atomic mass is 10.0. The van der Waals surface area contributed by atoms with Gasteiger partial charge in [0.05, 0.1) is 0 Å². The van der Waals surface area contributed by atoms with Gasteiger partial charge in [-0.3, -0.25) is 9.59 Å². The Morgan fingerprint density at radius 3 is 1.96 bits per heavy atom. The molecule has 0 aromatic heterocycles. The van der Waals surface area contributed by atoms with Crippen molar-refractivity contribution in [3.63, 3.8) is 0 Å². The van der Waals surface area contributed by atoms with Gasteiger partial charge in [0.25, 0.3) is 0 Å². The van der Waals surface area contributed by atoms with E-state index in [2.05, 4.69) is 0 Å². The van der Waals surface area contributed by atoms with Crippen molar-refractivity contribution in [1.29, 1.82) is 0 Å². The van der Waals surface area contributed by atoms with E-state index in [0.717, 1.165) is 21.9 Å². The van der Waals surface area contributed by atoms with Crippen LogP contribution in [0.5, 0.6) is 11.5 Å². The first-order valence-electron chi connectivity index (χ1n) is 7.52.